The number of carbonyl (C=O) groups is 2. The summed E-state index contributed by atoms with van der Waals surface area (Å²) in [4.78, 5) is 30.8. The summed E-state index contributed by atoms with van der Waals surface area (Å²) >= 11 is 1.99. The molecule has 0 aliphatic rings. The van der Waals surface area contributed by atoms with Crippen molar-refractivity contribution in [3.05, 3.63) is 81.2 Å². The molecule has 0 aliphatic heterocycles. The molecule has 1 amide bonds. The SMILES string of the molecule is CC(=O)Nc1ccc(S(=O)(=O)Nc2ccc(F)c(C(=O)c3c[nH]c4ncc(I)cc34)c2F)cc1. The van der Waals surface area contributed by atoms with E-state index in [0.29, 0.717) is 20.3 Å². The summed E-state index contributed by atoms with van der Waals surface area (Å²) in [5, 5.41) is 2.87. The predicted molar refractivity (Wildman–Crippen MR) is 130 cm³/mol. The lowest BCUT2D eigenvalue weighted by molar-refractivity contribution is -0.114. The second-order valence-electron chi connectivity index (χ2n) is 7.18. The van der Waals surface area contributed by atoms with E-state index in [1.54, 1.807) is 12.3 Å². The van der Waals surface area contributed by atoms with E-state index < -0.39 is 38.7 Å². The molecular formula is C22H15F2IN4O4S. The Kier molecular flexibility index (Phi) is 6.36. The van der Waals surface area contributed by atoms with Crippen molar-refractivity contribution in [2.75, 3.05) is 10.0 Å². The highest BCUT2D eigenvalue weighted by molar-refractivity contribution is 14.1. The third-order valence-electron chi connectivity index (χ3n) is 4.79. The topological polar surface area (TPSA) is 121 Å². The maximum Gasteiger partial charge on any atom is 0.261 e. The van der Waals surface area contributed by atoms with Gasteiger partial charge in [-0.2, -0.15) is 0 Å². The number of pyridine rings is 1. The number of amides is 1. The van der Waals surface area contributed by atoms with Crippen molar-refractivity contribution >= 4 is 66.7 Å². The van der Waals surface area contributed by atoms with Gasteiger partial charge in [0.25, 0.3) is 10.0 Å². The first-order valence-electron chi connectivity index (χ1n) is 9.62. The first kappa shape index (κ1) is 23.8. The number of ketones is 1. The number of benzene rings is 2. The van der Waals surface area contributed by atoms with Gasteiger partial charge in [-0.15, -0.1) is 0 Å². The fourth-order valence-electron chi connectivity index (χ4n) is 3.26. The van der Waals surface area contributed by atoms with Gasteiger partial charge in [0.1, 0.15) is 11.5 Å². The standard InChI is InChI=1S/C22H15F2IN4O4S/c1-11(30)28-13-2-4-14(5-3-13)34(32,33)29-18-7-6-17(23)19(20(18)24)21(31)16-10-27-22-15(16)8-12(25)9-26-22/h2-10,29H,1H3,(H,26,27)(H,28,30). The molecule has 0 fully saturated rings. The number of nitrogens with zero attached hydrogens (tertiary/aromatic N) is 1. The number of hydrogen-bond donors (Lipinski definition) is 3. The number of H-pyrrole nitrogens is 1. The summed E-state index contributed by atoms with van der Waals surface area (Å²) in [6, 6.07) is 8.48. The molecular weight excluding hydrogens is 581 g/mol. The zero-order valence-corrected chi connectivity index (χ0v) is 20.3. The van der Waals surface area contributed by atoms with Crippen LogP contribution in [0.1, 0.15) is 22.8 Å². The van der Waals surface area contributed by atoms with E-state index >= 15 is 4.39 Å². The average Bonchev–Trinajstić information content (AvgIpc) is 3.18. The number of aromatic amines is 1. The van der Waals surface area contributed by atoms with Crippen molar-refractivity contribution in [2.45, 2.75) is 11.8 Å². The molecule has 0 bridgehead atoms. The third-order valence-corrected chi connectivity index (χ3v) is 6.76. The third kappa shape index (κ3) is 4.63. The molecule has 34 heavy (non-hydrogen) atoms. The van der Waals surface area contributed by atoms with E-state index in [2.05, 4.69) is 15.3 Å². The van der Waals surface area contributed by atoms with Gasteiger partial charge in [-0.25, -0.2) is 22.2 Å². The first-order chi connectivity index (χ1) is 16.1. The summed E-state index contributed by atoms with van der Waals surface area (Å²) < 4.78 is 58.0. The Bertz CT molecular complexity index is 1550. The van der Waals surface area contributed by atoms with E-state index in [1.165, 1.54) is 37.4 Å². The Labute approximate surface area is 206 Å². The zero-order valence-electron chi connectivity index (χ0n) is 17.3. The van der Waals surface area contributed by atoms with Gasteiger partial charge in [0, 0.05) is 39.5 Å². The Morgan fingerprint density at radius 3 is 2.47 bits per heavy atom. The van der Waals surface area contributed by atoms with E-state index in [0.717, 1.165) is 12.1 Å². The number of rotatable bonds is 6. The molecule has 0 spiro atoms. The number of fused-ring (bicyclic) bond motifs is 1. The van der Waals surface area contributed by atoms with Crippen molar-refractivity contribution in [1.82, 2.24) is 9.97 Å². The average molecular weight is 596 g/mol. The van der Waals surface area contributed by atoms with Gasteiger partial charge in [0.05, 0.1) is 16.1 Å². The number of sulfonamides is 1. The van der Waals surface area contributed by atoms with Crippen molar-refractivity contribution < 1.29 is 26.8 Å². The van der Waals surface area contributed by atoms with Gasteiger partial charge >= 0.3 is 0 Å². The number of nitrogens with one attached hydrogen (secondary N) is 3. The quantitative estimate of drug-likeness (QED) is 0.225. The van der Waals surface area contributed by atoms with Crippen LogP contribution in [-0.4, -0.2) is 30.1 Å². The van der Waals surface area contributed by atoms with Gasteiger partial charge in [-0.05, 0) is 65.1 Å². The maximum atomic E-state index is 15.2. The molecule has 4 aromatic rings. The van der Waals surface area contributed by atoms with Crippen LogP contribution in [0.3, 0.4) is 0 Å². The molecule has 0 saturated carbocycles. The minimum Gasteiger partial charge on any atom is -0.345 e. The van der Waals surface area contributed by atoms with Crippen molar-refractivity contribution in [3.63, 3.8) is 0 Å². The van der Waals surface area contributed by atoms with Gasteiger partial charge < -0.3 is 10.3 Å². The second-order valence-corrected chi connectivity index (χ2v) is 10.1. The van der Waals surface area contributed by atoms with Crippen LogP contribution in [0, 0.1) is 15.2 Å². The van der Waals surface area contributed by atoms with Crippen LogP contribution in [0.5, 0.6) is 0 Å². The van der Waals surface area contributed by atoms with Crippen molar-refractivity contribution in [3.8, 4) is 0 Å². The number of hydrogen-bond acceptors (Lipinski definition) is 5. The molecule has 2 aromatic heterocycles. The summed E-state index contributed by atoms with van der Waals surface area (Å²) in [5.41, 5.74) is -0.768. The smallest absolute Gasteiger partial charge is 0.261 e. The van der Waals surface area contributed by atoms with E-state index in [-0.39, 0.29) is 16.4 Å². The van der Waals surface area contributed by atoms with Crippen LogP contribution in [0.25, 0.3) is 11.0 Å². The fourth-order valence-corrected chi connectivity index (χ4v) is 4.77. The summed E-state index contributed by atoms with van der Waals surface area (Å²) in [6.45, 7) is 1.30. The summed E-state index contributed by atoms with van der Waals surface area (Å²) in [6.07, 6.45) is 2.86. The van der Waals surface area contributed by atoms with Crippen LogP contribution in [0.4, 0.5) is 20.2 Å². The lowest BCUT2D eigenvalue weighted by Gasteiger charge is -2.12. The van der Waals surface area contributed by atoms with Crippen LogP contribution in [0.15, 0.2) is 59.8 Å². The second kappa shape index (κ2) is 9.10. The maximum absolute atomic E-state index is 15.2. The van der Waals surface area contributed by atoms with Gasteiger partial charge in [0.15, 0.2) is 5.82 Å². The minimum absolute atomic E-state index is 0.00705. The first-order valence-corrected chi connectivity index (χ1v) is 12.2. The summed E-state index contributed by atoms with van der Waals surface area (Å²) in [7, 11) is -4.28. The molecule has 3 N–H and O–H groups in total. The molecule has 12 heteroatoms. The van der Waals surface area contributed by atoms with Crippen molar-refractivity contribution in [2.24, 2.45) is 0 Å². The Hall–Kier alpha value is -3.39. The number of anilines is 2. The van der Waals surface area contributed by atoms with Gasteiger partial charge in [0.2, 0.25) is 11.7 Å². The number of carbonyl (C=O) groups excluding carboxylic acids is 2. The van der Waals surface area contributed by atoms with Gasteiger partial charge in [-0.3, -0.25) is 14.3 Å². The molecule has 2 heterocycles. The highest BCUT2D eigenvalue weighted by Gasteiger charge is 2.26. The fraction of sp³-hybridized carbons (Fsp3) is 0.0455. The lowest BCUT2D eigenvalue weighted by Crippen LogP contribution is -2.16. The van der Waals surface area contributed by atoms with E-state index in [9.17, 15) is 22.4 Å². The molecule has 0 saturated heterocycles. The van der Waals surface area contributed by atoms with Crippen LogP contribution in [0.2, 0.25) is 0 Å². The van der Waals surface area contributed by atoms with Crippen LogP contribution >= 0.6 is 22.6 Å². The number of aromatic nitrogens is 2. The molecule has 4 rings (SSSR count). The lowest BCUT2D eigenvalue weighted by atomic mass is 10.0. The van der Waals surface area contributed by atoms with Crippen LogP contribution < -0.4 is 10.0 Å². The molecule has 0 unspecified atom stereocenters. The molecule has 8 nitrogen and oxygen atoms in total. The van der Waals surface area contributed by atoms with E-state index in [4.69, 9.17) is 0 Å². The Morgan fingerprint density at radius 1 is 1.09 bits per heavy atom. The molecule has 174 valence electrons. The molecule has 0 radical (unpaired) electrons. The van der Waals surface area contributed by atoms with Crippen molar-refractivity contribution in [1.29, 1.82) is 0 Å². The normalized spacial score (nSPS) is 11.4. The largest absolute Gasteiger partial charge is 0.345 e. The van der Waals surface area contributed by atoms with Crippen LogP contribution in [-0.2, 0) is 14.8 Å². The molecule has 2 aromatic carbocycles. The minimum atomic E-state index is -4.28. The number of halogens is 3. The molecule has 0 atom stereocenters. The Morgan fingerprint density at radius 2 is 1.79 bits per heavy atom. The van der Waals surface area contributed by atoms with Gasteiger partial charge in [-0.1, -0.05) is 0 Å². The monoisotopic (exact) mass is 596 g/mol. The zero-order chi connectivity index (χ0) is 24.6. The highest BCUT2D eigenvalue weighted by Crippen LogP contribution is 2.29. The predicted octanol–water partition coefficient (Wildman–Crippen LogP) is 4.44. The van der Waals surface area contributed by atoms with E-state index in [1.807, 2.05) is 27.3 Å². The molecule has 0 aliphatic carbocycles. The Balaban J connectivity index is 1.69. The summed E-state index contributed by atoms with van der Waals surface area (Å²) in [5.74, 6) is -3.79. The highest BCUT2D eigenvalue weighted by atomic mass is 127.